The molecule has 2 aromatic heterocycles. The lowest BCUT2D eigenvalue weighted by Crippen LogP contribution is -2.44. The van der Waals surface area contributed by atoms with Crippen LogP contribution in [0.15, 0.2) is 42.6 Å². The van der Waals surface area contributed by atoms with Crippen LogP contribution >= 0.6 is 11.3 Å². The summed E-state index contributed by atoms with van der Waals surface area (Å²) in [7, 11) is 3.39. The van der Waals surface area contributed by atoms with Gasteiger partial charge in [0.25, 0.3) is 11.8 Å². The molecule has 1 saturated heterocycles. The van der Waals surface area contributed by atoms with Gasteiger partial charge in [-0.3, -0.25) is 9.59 Å². The molecule has 0 radical (unpaired) electrons. The van der Waals surface area contributed by atoms with Gasteiger partial charge in [0.05, 0.1) is 13.2 Å². The Bertz CT molecular complexity index is 1120. The van der Waals surface area contributed by atoms with Gasteiger partial charge in [0.2, 0.25) is 0 Å². The van der Waals surface area contributed by atoms with Crippen LogP contribution < -0.4 is 4.74 Å². The minimum absolute atomic E-state index is 0.0365. The molecule has 2 amide bonds. The maximum absolute atomic E-state index is 13.8. The van der Waals surface area contributed by atoms with E-state index in [4.69, 9.17) is 9.47 Å². The summed E-state index contributed by atoms with van der Waals surface area (Å²) in [5.41, 5.74) is 0.749. The van der Waals surface area contributed by atoms with Gasteiger partial charge in [0.1, 0.15) is 15.8 Å². The van der Waals surface area contributed by atoms with Crippen LogP contribution in [0, 0.1) is 5.82 Å². The highest BCUT2D eigenvalue weighted by Gasteiger charge is 2.32. The zero-order valence-corrected chi connectivity index (χ0v) is 18.0. The van der Waals surface area contributed by atoms with Gasteiger partial charge >= 0.3 is 0 Å². The predicted octanol–water partition coefficient (Wildman–Crippen LogP) is 3.12. The van der Waals surface area contributed by atoms with Gasteiger partial charge < -0.3 is 19.3 Å². The van der Waals surface area contributed by atoms with Gasteiger partial charge in [-0.05, 0) is 18.2 Å². The highest BCUT2D eigenvalue weighted by molar-refractivity contribution is 7.20. The van der Waals surface area contributed by atoms with E-state index >= 15 is 0 Å². The first-order chi connectivity index (χ1) is 15.0. The SMILES string of the molecule is CN(C)C(=O)c1sc2ncccc2c1[C@@H]1CN(C(=O)COc2ccccc2F)CCO1. The molecule has 0 spiro atoms. The number of hydrogen-bond acceptors (Lipinski definition) is 6. The lowest BCUT2D eigenvalue weighted by molar-refractivity contribution is -0.141. The Balaban J connectivity index is 1.55. The standard InChI is InChI=1S/C22H22FN3O4S/c1-25(2)22(28)20-19(14-6-5-9-24-21(14)31-20)17-12-26(10-11-29-17)18(27)13-30-16-8-4-3-7-15(16)23/h3-9,17H,10-13H2,1-2H3/t17-/m0/s1. The minimum atomic E-state index is -0.515. The number of carbonyl (C=O) groups is 2. The molecule has 1 aliphatic rings. The first-order valence-electron chi connectivity index (χ1n) is 9.81. The van der Waals surface area contributed by atoms with Crippen molar-refractivity contribution in [3.8, 4) is 5.75 Å². The van der Waals surface area contributed by atoms with Crippen LogP contribution in [0.25, 0.3) is 10.2 Å². The summed E-state index contributed by atoms with van der Waals surface area (Å²) in [5, 5.41) is 0.847. The summed E-state index contributed by atoms with van der Waals surface area (Å²) >= 11 is 1.32. The van der Waals surface area contributed by atoms with Gasteiger partial charge in [0, 0.05) is 37.8 Å². The average molecular weight is 444 g/mol. The summed E-state index contributed by atoms with van der Waals surface area (Å²) < 4.78 is 25.1. The van der Waals surface area contributed by atoms with Crippen molar-refractivity contribution in [2.45, 2.75) is 6.10 Å². The van der Waals surface area contributed by atoms with Crippen LogP contribution in [-0.4, -0.2) is 67.0 Å². The fraction of sp³-hybridized carbons (Fsp3) is 0.318. The van der Waals surface area contributed by atoms with Crippen LogP contribution in [0.1, 0.15) is 21.3 Å². The molecule has 0 unspecified atom stereocenters. The molecule has 31 heavy (non-hydrogen) atoms. The Morgan fingerprint density at radius 3 is 2.87 bits per heavy atom. The Hall–Kier alpha value is -3.04. The van der Waals surface area contributed by atoms with E-state index in [9.17, 15) is 14.0 Å². The maximum Gasteiger partial charge on any atom is 0.263 e. The van der Waals surface area contributed by atoms with Gasteiger partial charge in [-0.15, -0.1) is 11.3 Å². The monoisotopic (exact) mass is 443 g/mol. The number of para-hydroxylation sites is 1. The van der Waals surface area contributed by atoms with Gasteiger partial charge in [-0.25, -0.2) is 9.37 Å². The predicted molar refractivity (Wildman–Crippen MR) is 115 cm³/mol. The molecule has 0 aliphatic carbocycles. The summed E-state index contributed by atoms with van der Waals surface area (Å²) in [5.74, 6) is -0.878. The second kappa shape index (κ2) is 8.99. The van der Waals surface area contributed by atoms with Crippen molar-refractivity contribution in [1.82, 2.24) is 14.8 Å². The van der Waals surface area contributed by atoms with Gasteiger partial charge in [-0.1, -0.05) is 18.2 Å². The number of morpholine rings is 1. The molecule has 0 saturated carbocycles. The Kier molecular flexibility index (Phi) is 6.15. The minimum Gasteiger partial charge on any atom is -0.481 e. The summed E-state index contributed by atoms with van der Waals surface area (Å²) in [6.45, 7) is 0.716. The second-order valence-corrected chi connectivity index (χ2v) is 8.32. The van der Waals surface area contributed by atoms with E-state index < -0.39 is 11.9 Å². The third kappa shape index (κ3) is 4.38. The van der Waals surface area contributed by atoms with E-state index in [-0.39, 0.29) is 30.7 Å². The van der Waals surface area contributed by atoms with Crippen molar-refractivity contribution >= 4 is 33.4 Å². The molecule has 0 bridgehead atoms. The summed E-state index contributed by atoms with van der Waals surface area (Å²) in [6.07, 6.45) is 1.22. The van der Waals surface area contributed by atoms with E-state index in [1.165, 1.54) is 28.4 Å². The van der Waals surface area contributed by atoms with Crippen LogP contribution in [-0.2, 0) is 9.53 Å². The molecule has 1 atom stereocenters. The number of aromatic nitrogens is 1. The number of pyridine rings is 1. The number of nitrogens with zero attached hydrogens (tertiary/aromatic N) is 3. The Morgan fingerprint density at radius 1 is 1.29 bits per heavy atom. The molecule has 7 nitrogen and oxygen atoms in total. The molecule has 3 heterocycles. The molecule has 4 rings (SSSR count). The van der Waals surface area contributed by atoms with Crippen LogP contribution in [0.3, 0.4) is 0 Å². The topological polar surface area (TPSA) is 72.0 Å². The van der Waals surface area contributed by atoms with E-state index in [2.05, 4.69) is 4.98 Å². The quantitative estimate of drug-likeness (QED) is 0.606. The number of amides is 2. The molecule has 1 aromatic carbocycles. The third-order valence-corrected chi connectivity index (χ3v) is 6.15. The Labute approximate surface area is 183 Å². The van der Waals surface area contributed by atoms with Crippen molar-refractivity contribution in [3.05, 3.63) is 58.9 Å². The highest BCUT2D eigenvalue weighted by atomic mass is 32.1. The molecule has 9 heteroatoms. The van der Waals surface area contributed by atoms with Crippen molar-refractivity contribution in [1.29, 1.82) is 0 Å². The normalized spacial score (nSPS) is 16.4. The fourth-order valence-electron chi connectivity index (χ4n) is 3.48. The van der Waals surface area contributed by atoms with Crippen LogP contribution in [0.5, 0.6) is 5.75 Å². The van der Waals surface area contributed by atoms with Crippen LogP contribution in [0.2, 0.25) is 0 Å². The lowest BCUT2D eigenvalue weighted by atomic mass is 10.0. The number of fused-ring (bicyclic) bond motifs is 1. The highest BCUT2D eigenvalue weighted by Crippen LogP contribution is 2.37. The van der Waals surface area contributed by atoms with Gasteiger partial charge in [-0.2, -0.15) is 0 Å². The number of halogens is 1. The maximum atomic E-state index is 13.8. The number of thiophene rings is 1. The summed E-state index contributed by atoms with van der Waals surface area (Å²) in [4.78, 5) is 34.4. The van der Waals surface area contributed by atoms with Crippen molar-refractivity contribution in [2.75, 3.05) is 40.4 Å². The number of carbonyl (C=O) groups excluding carboxylic acids is 2. The second-order valence-electron chi connectivity index (χ2n) is 7.32. The molecule has 3 aromatic rings. The largest absolute Gasteiger partial charge is 0.481 e. The number of rotatable bonds is 5. The molecular formula is C22H22FN3O4S. The third-order valence-electron chi connectivity index (χ3n) is 5.03. The van der Waals surface area contributed by atoms with Crippen molar-refractivity contribution in [2.24, 2.45) is 0 Å². The van der Waals surface area contributed by atoms with E-state index in [0.29, 0.717) is 18.0 Å². The molecule has 1 fully saturated rings. The Morgan fingerprint density at radius 2 is 2.10 bits per heavy atom. The first kappa shape index (κ1) is 21.2. The zero-order chi connectivity index (χ0) is 22.0. The van der Waals surface area contributed by atoms with Gasteiger partial charge in [0.15, 0.2) is 18.2 Å². The fourth-order valence-corrected chi connectivity index (χ4v) is 4.69. The molecular weight excluding hydrogens is 421 g/mol. The molecule has 1 aliphatic heterocycles. The average Bonchev–Trinajstić information content (AvgIpc) is 3.17. The van der Waals surface area contributed by atoms with E-state index in [0.717, 1.165) is 15.8 Å². The number of ether oxygens (including phenoxy) is 2. The first-order valence-corrected chi connectivity index (χ1v) is 10.6. The summed E-state index contributed by atoms with van der Waals surface area (Å²) in [6, 6.07) is 9.69. The van der Waals surface area contributed by atoms with E-state index in [1.807, 2.05) is 12.1 Å². The lowest BCUT2D eigenvalue weighted by Gasteiger charge is -2.33. The van der Waals surface area contributed by atoms with Crippen LogP contribution in [0.4, 0.5) is 4.39 Å². The zero-order valence-electron chi connectivity index (χ0n) is 17.2. The molecule has 162 valence electrons. The van der Waals surface area contributed by atoms with Crippen molar-refractivity contribution in [3.63, 3.8) is 0 Å². The molecule has 0 N–H and O–H groups in total. The number of benzene rings is 1. The van der Waals surface area contributed by atoms with E-state index in [1.54, 1.807) is 37.3 Å². The number of hydrogen-bond donors (Lipinski definition) is 0. The van der Waals surface area contributed by atoms with Crippen molar-refractivity contribution < 1.29 is 23.5 Å². The smallest absolute Gasteiger partial charge is 0.263 e.